The van der Waals surface area contributed by atoms with Gasteiger partial charge in [0.2, 0.25) is 0 Å². The van der Waals surface area contributed by atoms with Gasteiger partial charge in [0.25, 0.3) is 0 Å². The van der Waals surface area contributed by atoms with Gasteiger partial charge in [-0.2, -0.15) is 0 Å². The molecule has 2 rings (SSSR count). The highest BCUT2D eigenvalue weighted by molar-refractivity contribution is 14.1. The Bertz CT molecular complexity index is 566. The van der Waals surface area contributed by atoms with Crippen molar-refractivity contribution in [3.63, 3.8) is 0 Å². The lowest BCUT2D eigenvalue weighted by atomic mass is 10.2. The molecule has 4 heteroatoms. The lowest BCUT2D eigenvalue weighted by Crippen LogP contribution is -2.23. The zero-order chi connectivity index (χ0) is 12.6. The smallest absolute Gasteiger partial charge is 0.340 e. The van der Waals surface area contributed by atoms with E-state index in [4.69, 9.17) is 4.74 Å². The van der Waals surface area contributed by atoms with Crippen LogP contribution in [0.1, 0.15) is 31.1 Å². The first-order valence-corrected chi connectivity index (χ1v) is 6.45. The standard InChI is InChI=1S/C13H14INO2/c1-13(2,3)17-12(16)9-7-8-15-10(9)5-4-6-11(15)14/h4-8H,1-3H3. The fraction of sp³-hybridized carbons (Fsp3) is 0.308. The third-order valence-electron chi connectivity index (χ3n) is 2.26. The number of fused-ring (bicyclic) bond motifs is 1. The molecule has 2 heterocycles. The van der Waals surface area contributed by atoms with Crippen molar-refractivity contribution in [2.45, 2.75) is 26.4 Å². The maximum Gasteiger partial charge on any atom is 0.340 e. The molecule has 0 saturated heterocycles. The number of pyridine rings is 1. The Balaban J connectivity index is 2.43. The SMILES string of the molecule is CC(C)(C)OC(=O)c1ccn2c(I)cccc12. The van der Waals surface area contributed by atoms with Gasteiger partial charge in [-0.1, -0.05) is 6.07 Å². The van der Waals surface area contributed by atoms with E-state index < -0.39 is 5.60 Å². The van der Waals surface area contributed by atoms with Crippen LogP contribution in [0.5, 0.6) is 0 Å². The van der Waals surface area contributed by atoms with Gasteiger partial charge in [-0.25, -0.2) is 4.79 Å². The van der Waals surface area contributed by atoms with Crippen molar-refractivity contribution in [3.8, 4) is 0 Å². The van der Waals surface area contributed by atoms with Gasteiger partial charge < -0.3 is 9.14 Å². The van der Waals surface area contributed by atoms with E-state index in [0.717, 1.165) is 9.22 Å². The first-order valence-electron chi connectivity index (χ1n) is 5.37. The fourth-order valence-electron chi connectivity index (χ4n) is 1.61. The summed E-state index contributed by atoms with van der Waals surface area (Å²) < 4.78 is 8.41. The molecule has 2 aromatic rings. The Kier molecular flexibility index (Phi) is 3.16. The van der Waals surface area contributed by atoms with Crippen molar-refractivity contribution in [3.05, 3.63) is 39.7 Å². The highest BCUT2D eigenvalue weighted by atomic mass is 127. The van der Waals surface area contributed by atoms with Gasteiger partial charge in [0.1, 0.15) is 5.60 Å². The van der Waals surface area contributed by atoms with Gasteiger partial charge in [-0.15, -0.1) is 0 Å². The Morgan fingerprint density at radius 2 is 2.00 bits per heavy atom. The van der Waals surface area contributed by atoms with Crippen LogP contribution in [-0.2, 0) is 4.74 Å². The van der Waals surface area contributed by atoms with Gasteiger partial charge in [-0.05, 0) is 61.6 Å². The average molecular weight is 343 g/mol. The van der Waals surface area contributed by atoms with Crippen LogP contribution >= 0.6 is 22.6 Å². The topological polar surface area (TPSA) is 30.7 Å². The summed E-state index contributed by atoms with van der Waals surface area (Å²) >= 11 is 2.23. The van der Waals surface area contributed by atoms with Crippen molar-refractivity contribution in [2.24, 2.45) is 0 Å². The van der Waals surface area contributed by atoms with Crippen LogP contribution in [0.25, 0.3) is 5.52 Å². The molecular formula is C13H14INO2. The number of esters is 1. The first-order chi connectivity index (χ1) is 7.88. The fourth-order valence-corrected chi connectivity index (χ4v) is 2.23. The van der Waals surface area contributed by atoms with Crippen molar-refractivity contribution >= 4 is 34.1 Å². The van der Waals surface area contributed by atoms with E-state index in [9.17, 15) is 4.79 Å². The number of hydrogen-bond acceptors (Lipinski definition) is 2. The molecule has 3 nitrogen and oxygen atoms in total. The first kappa shape index (κ1) is 12.4. The largest absolute Gasteiger partial charge is 0.456 e. The van der Waals surface area contributed by atoms with Gasteiger partial charge in [0, 0.05) is 6.20 Å². The van der Waals surface area contributed by atoms with Crippen molar-refractivity contribution in [1.29, 1.82) is 0 Å². The van der Waals surface area contributed by atoms with Crippen molar-refractivity contribution in [1.82, 2.24) is 4.40 Å². The molecule has 0 saturated carbocycles. The van der Waals surface area contributed by atoms with Gasteiger partial charge >= 0.3 is 5.97 Å². The van der Waals surface area contributed by atoms with Gasteiger partial charge in [-0.3, -0.25) is 0 Å². The van der Waals surface area contributed by atoms with Crippen LogP contribution in [0.4, 0.5) is 0 Å². The highest BCUT2D eigenvalue weighted by Crippen LogP contribution is 2.19. The number of halogens is 1. The molecule has 2 aromatic heterocycles. The maximum atomic E-state index is 12.0. The third-order valence-corrected chi connectivity index (χ3v) is 3.14. The summed E-state index contributed by atoms with van der Waals surface area (Å²) in [5, 5.41) is 0. The summed E-state index contributed by atoms with van der Waals surface area (Å²) in [6.07, 6.45) is 1.89. The minimum atomic E-state index is -0.465. The molecule has 0 spiro atoms. The second-order valence-electron chi connectivity index (χ2n) is 4.84. The number of hydrogen-bond donors (Lipinski definition) is 0. The Labute approximate surface area is 114 Å². The van der Waals surface area contributed by atoms with Gasteiger partial charge in [0.05, 0.1) is 14.8 Å². The molecule has 0 amide bonds. The molecule has 0 radical (unpaired) electrons. The quantitative estimate of drug-likeness (QED) is 0.451. The van der Waals surface area contributed by atoms with Gasteiger partial charge in [0.15, 0.2) is 0 Å². The second-order valence-corrected chi connectivity index (χ2v) is 5.94. The number of ether oxygens (including phenoxy) is 1. The lowest BCUT2D eigenvalue weighted by molar-refractivity contribution is 0.00720. The summed E-state index contributed by atoms with van der Waals surface area (Å²) in [6.45, 7) is 5.60. The Morgan fingerprint density at radius 3 is 2.65 bits per heavy atom. The summed E-state index contributed by atoms with van der Waals surface area (Å²) in [7, 11) is 0. The van der Waals surface area contributed by atoms with E-state index in [1.54, 1.807) is 6.07 Å². The molecule has 0 aromatic carbocycles. The number of aromatic nitrogens is 1. The molecule has 0 N–H and O–H groups in total. The van der Waals surface area contributed by atoms with E-state index in [1.807, 2.05) is 49.6 Å². The van der Waals surface area contributed by atoms with Crippen LogP contribution in [0.2, 0.25) is 0 Å². The monoisotopic (exact) mass is 343 g/mol. The number of carbonyl (C=O) groups is 1. The third kappa shape index (κ3) is 2.62. The van der Waals surface area contributed by atoms with Crippen molar-refractivity contribution < 1.29 is 9.53 Å². The van der Waals surface area contributed by atoms with Crippen LogP contribution in [-0.4, -0.2) is 16.0 Å². The number of rotatable bonds is 1. The van der Waals surface area contributed by atoms with Crippen molar-refractivity contribution in [2.75, 3.05) is 0 Å². The van der Waals surface area contributed by atoms with Crippen LogP contribution < -0.4 is 0 Å². The lowest BCUT2D eigenvalue weighted by Gasteiger charge is -2.19. The van der Waals surface area contributed by atoms with E-state index in [-0.39, 0.29) is 5.97 Å². The summed E-state index contributed by atoms with van der Waals surface area (Å²) in [5.74, 6) is -0.276. The molecule has 0 atom stereocenters. The summed E-state index contributed by atoms with van der Waals surface area (Å²) in [6, 6.07) is 7.64. The predicted octanol–water partition coefficient (Wildman–Crippen LogP) is 3.50. The molecular weight excluding hydrogens is 329 g/mol. The van der Waals surface area contributed by atoms with Crippen LogP contribution in [0, 0.1) is 3.70 Å². The van der Waals surface area contributed by atoms with E-state index in [1.165, 1.54) is 0 Å². The molecule has 0 bridgehead atoms. The molecule has 17 heavy (non-hydrogen) atoms. The number of carbonyl (C=O) groups excluding carboxylic acids is 1. The van der Waals surface area contributed by atoms with Crippen LogP contribution in [0.3, 0.4) is 0 Å². The zero-order valence-electron chi connectivity index (χ0n) is 10.0. The highest BCUT2D eigenvalue weighted by Gasteiger charge is 2.20. The Morgan fingerprint density at radius 1 is 1.29 bits per heavy atom. The molecule has 0 aliphatic carbocycles. The summed E-state index contributed by atoms with van der Waals surface area (Å²) in [4.78, 5) is 12.0. The average Bonchev–Trinajstić information content (AvgIpc) is 2.60. The summed E-state index contributed by atoms with van der Waals surface area (Å²) in [5.41, 5.74) is 1.03. The number of nitrogens with zero attached hydrogens (tertiary/aromatic N) is 1. The molecule has 90 valence electrons. The van der Waals surface area contributed by atoms with E-state index in [0.29, 0.717) is 5.56 Å². The molecule has 0 aliphatic heterocycles. The minimum absolute atomic E-state index is 0.276. The maximum absolute atomic E-state index is 12.0. The molecule has 0 aliphatic rings. The minimum Gasteiger partial charge on any atom is -0.456 e. The molecule has 0 unspecified atom stereocenters. The van der Waals surface area contributed by atoms with Crippen LogP contribution in [0.15, 0.2) is 30.5 Å². The predicted molar refractivity (Wildman–Crippen MR) is 75.3 cm³/mol. The van der Waals surface area contributed by atoms with E-state index >= 15 is 0 Å². The van der Waals surface area contributed by atoms with E-state index in [2.05, 4.69) is 22.6 Å². The molecule has 0 fully saturated rings. The zero-order valence-corrected chi connectivity index (χ0v) is 12.2. The Hall–Kier alpha value is -1.04. The normalized spacial score (nSPS) is 11.8. The second kappa shape index (κ2) is 4.33.